The number of nitrogens with one attached hydrogen (secondary N) is 2. The molecule has 0 aliphatic rings. The van der Waals surface area contributed by atoms with Crippen LogP contribution < -0.4 is 0 Å². The summed E-state index contributed by atoms with van der Waals surface area (Å²) >= 11 is 0. The quantitative estimate of drug-likeness (QED) is 0.874. The van der Waals surface area contributed by atoms with Crippen LogP contribution in [0.25, 0.3) is 0 Å². The Labute approximate surface area is 108 Å². The minimum Gasteiger partial charge on any atom is -0.348 e. The van der Waals surface area contributed by atoms with E-state index in [1.807, 2.05) is 6.20 Å². The van der Waals surface area contributed by atoms with Crippen LogP contribution in [0.2, 0.25) is 0 Å². The van der Waals surface area contributed by atoms with E-state index in [1.54, 1.807) is 6.33 Å². The number of nitrogens with zero attached hydrogens (tertiary/aromatic N) is 2. The minimum absolute atomic E-state index is 0.0260. The molecule has 2 aromatic rings. The lowest BCUT2D eigenvalue weighted by molar-refractivity contribution is 0.501. The molecule has 4 nitrogen and oxygen atoms in total. The molecule has 98 valence electrons. The van der Waals surface area contributed by atoms with Gasteiger partial charge in [-0.1, -0.05) is 34.6 Å². The van der Waals surface area contributed by atoms with E-state index in [-0.39, 0.29) is 10.8 Å². The molecule has 2 N–H and O–H groups in total. The van der Waals surface area contributed by atoms with Crippen LogP contribution >= 0.6 is 0 Å². The fourth-order valence-electron chi connectivity index (χ4n) is 2.03. The lowest BCUT2D eigenvalue weighted by atomic mass is 9.84. The van der Waals surface area contributed by atoms with Crippen LogP contribution in [0.1, 0.15) is 51.7 Å². The third-order valence-corrected chi connectivity index (χ3v) is 3.26. The van der Waals surface area contributed by atoms with E-state index >= 15 is 0 Å². The van der Waals surface area contributed by atoms with Crippen molar-refractivity contribution in [2.45, 2.75) is 51.9 Å². The highest BCUT2D eigenvalue weighted by molar-refractivity contribution is 5.21. The average molecular weight is 246 g/mol. The van der Waals surface area contributed by atoms with Crippen LogP contribution in [0, 0.1) is 0 Å². The maximum absolute atomic E-state index is 4.40. The Bertz CT molecular complexity index is 500. The zero-order valence-corrected chi connectivity index (χ0v) is 11.8. The molecule has 0 aliphatic carbocycles. The highest BCUT2D eigenvalue weighted by Gasteiger charge is 2.25. The Kier molecular flexibility index (Phi) is 3.05. The maximum Gasteiger partial charge on any atom is 0.0921 e. The fourth-order valence-corrected chi connectivity index (χ4v) is 2.03. The Morgan fingerprint density at radius 2 is 1.89 bits per heavy atom. The highest BCUT2D eigenvalue weighted by atomic mass is 15.1. The van der Waals surface area contributed by atoms with E-state index in [9.17, 15) is 0 Å². The second-order valence-corrected chi connectivity index (χ2v) is 6.55. The summed E-state index contributed by atoms with van der Waals surface area (Å²) < 4.78 is 0. The van der Waals surface area contributed by atoms with Gasteiger partial charge in [0, 0.05) is 28.4 Å². The standard InChI is InChI=1S/C14H22N4/c1-13(2,3)11-6-10(17-18-11)7-14(4,5)12-8-15-9-16-12/h6,8-9H,7H2,1-5H3,(H,15,16)(H,17,18). The molecule has 0 aliphatic heterocycles. The molecule has 0 saturated heterocycles. The van der Waals surface area contributed by atoms with Crippen LogP contribution in [0.4, 0.5) is 0 Å². The summed E-state index contributed by atoms with van der Waals surface area (Å²) in [5.41, 5.74) is 3.54. The maximum atomic E-state index is 4.40. The lowest BCUT2D eigenvalue weighted by Crippen LogP contribution is -2.21. The zero-order valence-electron chi connectivity index (χ0n) is 11.8. The molecule has 0 radical (unpaired) electrons. The van der Waals surface area contributed by atoms with Crippen molar-refractivity contribution >= 4 is 0 Å². The van der Waals surface area contributed by atoms with Gasteiger partial charge < -0.3 is 4.98 Å². The van der Waals surface area contributed by atoms with Crippen LogP contribution in [0.15, 0.2) is 18.6 Å². The second kappa shape index (κ2) is 4.26. The van der Waals surface area contributed by atoms with Gasteiger partial charge in [-0.25, -0.2) is 4.98 Å². The van der Waals surface area contributed by atoms with E-state index < -0.39 is 0 Å². The van der Waals surface area contributed by atoms with Crippen molar-refractivity contribution in [2.75, 3.05) is 0 Å². The SMILES string of the molecule is CC(C)(C)c1cc(CC(C)(C)c2cnc[nH]2)[nH]n1. The summed E-state index contributed by atoms with van der Waals surface area (Å²) in [6.07, 6.45) is 4.53. The smallest absolute Gasteiger partial charge is 0.0921 e. The Balaban J connectivity index is 2.17. The number of H-pyrrole nitrogens is 2. The third kappa shape index (κ3) is 2.63. The van der Waals surface area contributed by atoms with Gasteiger partial charge in [-0.2, -0.15) is 5.10 Å². The lowest BCUT2D eigenvalue weighted by Gasteiger charge is -2.22. The second-order valence-electron chi connectivity index (χ2n) is 6.55. The van der Waals surface area contributed by atoms with Crippen LogP contribution in [0.3, 0.4) is 0 Å². The molecule has 2 heterocycles. The molecule has 18 heavy (non-hydrogen) atoms. The predicted molar refractivity (Wildman–Crippen MR) is 72.6 cm³/mol. The molecule has 0 bridgehead atoms. The van der Waals surface area contributed by atoms with Crippen molar-refractivity contribution in [3.8, 4) is 0 Å². The van der Waals surface area contributed by atoms with Crippen molar-refractivity contribution < 1.29 is 0 Å². The van der Waals surface area contributed by atoms with Gasteiger partial charge in [0.1, 0.15) is 0 Å². The van der Waals surface area contributed by atoms with Crippen LogP contribution in [0.5, 0.6) is 0 Å². The molecule has 4 heteroatoms. The first-order valence-electron chi connectivity index (χ1n) is 6.33. The van der Waals surface area contributed by atoms with Gasteiger partial charge in [0.05, 0.1) is 12.0 Å². The first-order valence-corrected chi connectivity index (χ1v) is 6.33. The zero-order chi connectivity index (χ0) is 13.4. The molecule has 2 aromatic heterocycles. The number of aromatic nitrogens is 4. The van der Waals surface area contributed by atoms with Crippen molar-refractivity contribution in [3.05, 3.63) is 35.7 Å². The van der Waals surface area contributed by atoms with Gasteiger partial charge in [0.25, 0.3) is 0 Å². The van der Waals surface area contributed by atoms with Gasteiger partial charge in [-0.05, 0) is 12.5 Å². The van der Waals surface area contributed by atoms with Gasteiger partial charge >= 0.3 is 0 Å². The first-order chi connectivity index (χ1) is 8.29. The summed E-state index contributed by atoms with van der Waals surface area (Å²) in [4.78, 5) is 7.28. The number of hydrogen-bond acceptors (Lipinski definition) is 2. The van der Waals surface area contributed by atoms with E-state index in [4.69, 9.17) is 0 Å². The fraction of sp³-hybridized carbons (Fsp3) is 0.571. The molecular formula is C14H22N4. The van der Waals surface area contributed by atoms with Gasteiger partial charge in [0.2, 0.25) is 0 Å². The molecule has 0 saturated carbocycles. The van der Waals surface area contributed by atoms with Gasteiger partial charge in [-0.3, -0.25) is 5.10 Å². The summed E-state index contributed by atoms with van der Waals surface area (Å²) in [5.74, 6) is 0. The Morgan fingerprint density at radius 1 is 1.17 bits per heavy atom. The summed E-state index contributed by atoms with van der Waals surface area (Å²) in [5, 5.41) is 7.55. The first kappa shape index (κ1) is 12.9. The molecule has 0 amide bonds. The number of imidazole rings is 1. The molecular weight excluding hydrogens is 224 g/mol. The Morgan fingerprint density at radius 3 is 2.39 bits per heavy atom. The summed E-state index contributed by atoms with van der Waals surface area (Å²) in [7, 11) is 0. The van der Waals surface area contributed by atoms with Crippen molar-refractivity contribution in [1.29, 1.82) is 0 Å². The Hall–Kier alpha value is -1.58. The van der Waals surface area contributed by atoms with Crippen molar-refractivity contribution in [2.24, 2.45) is 0 Å². The number of hydrogen-bond donors (Lipinski definition) is 2. The normalized spacial score (nSPS) is 12.9. The van der Waals surface area contributed by atoms with Crippen LogP contribution in [-0.4, -0.2) is 20.2 Å². The monoisotopic (exact) mass is 246 g/mol. The minimum atomic E-state index is 0.0260. The molecule has 0 unspecified atom stereocenters. The van der Waals surface area contributed by atoms with E-state index in [2.05, 4.69) is 60.9 Å². The third-order valence-electron chi connectivity index (χ3n) is 3.26. The predicted octanol–water partition coefficient (Wildman–Crippen LogP) is 2.95. The van der Waals surface area contributed by atoms with Crippen LogP contribution in [-0.2, 0) is 17.3 Å². The molecule has 0 spiro atoms. The largest absolute Gasteiger partial charge is 0.348 e. The highest BCUT2D eigenvalue weighted by Crippen LogP contribution is 2.27. The van der Waals surface area contributed by atoms with Crippen molar-refractivity contribution in [3.63, 3.8) is 0 Å². The van der Waals surface area contributed by atoms with Crippen molar-refractivity contribution in [1.82, 2.24) is 20.2 Å². The molecule has 0 atom stereocenters. The van der Waals surface area contributed by atoms with E-state index in [0.717, 1.165) is 17.8 Å². The average Bonchev–Trinajstić information content (AvgIpc) is 2.83. The van der Waals surface area contributed by atoms with E-state index in [1.165, 1.54) is 5.69 Å². The number of rotatable bonds is 3. The van der Waals surface area contributed by atoms with Gasteiger partial charge in [0.15, 0.2) is 0 Å². The summed E-state index contributed by atoms with van der Waals surface area (Å²) in [6, 6.07) is 2.16. The van der Waals surface area contributed by atoms with Gasteiger partial charge in [-0.15, -0.1) is 0 Å². The topological polar surface area (TPSA) is 57.4 Å². The molecule has 2 rings (SSSR count). The van der Waals surface area contributed by atoms with E-state index in [0.29, 0.717) is 0 Å². The number of aromatic amines is 2. The molecule has 0 fully saturated rings. The molecule has 0 aromatic carbocycles. The summed E-state index contributed by atoms with van der Waals surface area (Å²) in [6.45, 7) is 10.9.